The molecule has 2 aromatic rings. The maximum Gasteiger partial charge on any atom is 0.242 e. The largest absolute Gasteiger partial charge is 0.340 e. The second-order valence-electron chi connectivity index (χ2n) is 8.13. The molecule has 0 bridgehead atoms. The Kier molecular flexibility index (Phi) is 6.27. The number of H-pyrrole nitrogens is 1. The Morgan fingerprint density at radius 1 is 1.03 bits per heavy atom. The zero-order valence-electron chi connectivity index (χ0n) is 17.0. The van der Waals surface area contributed by atoms with E-state index in [-0.39, 0.29) is 24.4 Å². The minimum absolute atomic E-state index is 0.0429. The van der Waals surface area contributed by atoms with Crippen LogP contribution in [0.25, 0.3) is 11.3 Å². The first-order valence-corrected chi connectivity index (χ1v) is 10.9. The lowest BCUT2D eigenvalue weighted by Crippen LogP contribution is -2.46. The van der Waals surface area contributed by atoms with Crippen LogP contribution in [0.1, 0.15) is 63.2 Å². The summed E-state index contributed by atoms with van der Waals surface area (Å²) in [6.07, 6.45) is 9.58. The summed E-state index contributed by atoms with van der Waals surface area (Å²) in [7, 11) is 0. The molecule has 6 heteroatoms. The molecule has 1 unspecified atom stereocenters. The Balaban J connectivity index is 1.48. The van der Waals surface area contributed by atoms with Gasteiger partial charge in [-0.2, -0.15) is 0 Å². The summed E-state index contributed by atoms with van der Waals surface area (Å²) in [5.74, 6) is 1.01. The number of carbonyl (C=O) groups is 2. The van der Waals surface area contributed by atoms with Crippen molar-refractivity contribution in [1.29, 1.82) is 0 Å². The number of aromatic amines is 1. The summed E-state index contributed by atoms with van der Waals surface area (Å²) < 4.78 is 0. The van der Waals surface area contributed by atoms with Crippen LogP contribution in [0.4, 0.5) is 0 Å². The molecule has 1 aromatic heterocycles. The highest BCUT2D eigenvalue weighted by atomic mass is 16.2. The minimum atomic E-state index is -0.0430. The quantitative estimate of drug-likeness (QED) is 0.854. The molecule has 0 saturated carbocycles. The van der Waals surface area contributed by atoms with E-state index in [1.165, 1.54) is 0 Å². The zero-order valence-corrected chi connectivity index (χ0v) is 17.0. The Morgan fingerprint density at radius 3 is 2.69 bits per heavy atom. The number of rotatable bonds is 4. The number of imidazole rings is 1. The number of likely N-dealkylation sites (tertiary alicyclic amines) is 2. The maximum absolute atomic E-state index is 13.2. The van der Waals surface area contributed by atoms with Crippen LogP contribution in [-0.2, 0) is 9.59 Å². The fourth-order valence-electron chi connectivity index (χ4n) is 4.42. The maximum atomic E-state index is 13.2. The van der Waals surface area contributed by atoms with Gasteiger partial charge in [0.1, 0.15) is 5.82 Å². The van der Waals surface area contributed by atoms with Gasteiger partial charge in [-0.25, -0.2) is 4.98 Å². The third-order valence-corrected chi connectivity index (χ3v) is 6.07. The molecule has 2 amide bonds. The number of benzene rings is 1. The standard InChI is InChI=1S/C23H30N4O2/c28-21-13-6-1-2-8-14-26(21)17-22(29)27-15-9-7-12-20(27)23-24-16-19(25-23)18-10-4-3-5-11-18/h3-5,10-11,16,20H,1-2,6-9,12-15,17H2,(H,24,25). The van der Waals surface area contributed by atoms with Crippen molar-refractivity contribution in [3.8, 4) is 11.3 Å². The van der Waals surface area contributed by atoms with Crippen molar-refractivity contribution in [2.24, 2.45) is 0 Å². The lowest BCUT2D eigenvalue weighted by Gasteiger charge is -2.36. The normalized spacial score (nSPS) is 21.0. The molecule has 0 radical (unpaired) electrons. The van der Waals surface area contributed by atoms with Gasteiger partial charge < -0.3 is 14.8 Å². The van der Waals surface area contributed by atoms with E-state index in [9.17, 15) is 9.59 Å². The van der Waals surface area contributed by atoms with E-state index in [1.807, 2.05) is 29.3 Å². The van der Waals surface area contributed by atoms with Crippen molar-refractivity contribution in [1.82, 2.24) is 19.8 Å². The summed E-state index contributed by atoms with van der Waals surface area (Å²) in [5, 5.41) is 0. The number of amides is 2. The van der Waals surface area contributed by atoms with E-state index >= 15 is 0 Å². The van der Waals surface area contributed by atoms with Crippen LogP contribution in [0.3, 0.4) is 0 Å². The molecule has 1 atom stereocenters. The molecule has 1 aromatic carbocycles. The first-order valence-electron chi connectivity index (χ1n) is 10.9. The summed E-state index contributed by atoms with van der Waals surface area (Å²) in [5.41, 5.74) is 2.06. The van der Waals surface area contributed by atoms with Crippen molar-refractivity contribution in [3.05, 3.63) is 42.4 Å². The molecule has 2 aliphatic rings. The molecular formula is C23H30N4O2. The first-order chi connectivity index (χ1) is 14.2. The molecule has 154 valence electrons. The summed E-state index contributed by atoms with van der Waals surface area (Å²) in [4.78, 5) is 37.3. The van der Waals surface area contributed by atoms with E-state index < -0.39 is 0 Å². The smallest absolute Gasteiger partial charge is 0.242 e. The number of nitrogens with zero attached hydrogens (tertiary/aromatic N) is 3. The Morgan fingerprint density at radius 2 is 1.83 bits per heavy atom. The van der Waals surface area contributed by atoms with Crippen LogP contribution in [0.15, 0.2) is 36.5 Å². The molecule has 1 N–H and O–H groups in total. The average molecular weight is 395 g/mol. The molecule has 6 nitrogen and oxygen atoms in total. The van der Waals surface area contributed by atoms with Gasteiger partial charge >= 0.3 is 0 Å². The number of piperidine rings is 1. The average Bonchev–Trinajstić information content (AvgIpc) is 3.24. The highest BCUT2D eigenvalue weighted by Crippen LogP contribution is 2.31. The van der Waals surface area contributed by atoms with E-state index in [1.54, 1.807) is 4.90 Å². The van der Waals surface area contributed by atoms with Crippen LogP contribution >= 0.6 is 0 Å². The molecule has 3 heterocycles. The van der Waals surface area contributed by atoms with Crippen molar-refractivity contribution in [2.45, 2.75) is 57.4 Å². The fraction of sp³-hybridized carbons (Fsp3) is 0.522. The number of aromatic nitrogens is 2. The molecule has 2 fully saturated rings. The van der Waals surface area contributed by atoms with Crippen LogP contribution < -0.4 is 0 Å². The highest BCUT2D eigenvalue weighted by molar-refractivity contribution is 5.85. The van der Waals surface area contributed by atoms with Gasteiger partial charge in [-0.15, -0.1) is 0 Å². The number of hydrogen-bond donors (Lipinski definition) is 1. The van der Waals surface area contributed by atoms with Gasteiger partial charge in [0.05, 0.1) is 24.5 Å². The van der Waals surface area contributed by atoms with Gasteiger partial charge in [0.2, 0.25) is 11.8 Å². The van der Waals surface area contributed by atoms with Gasteiger partial charge in [0.15, 0.2) is 0 Å². The fourth-order valence-corrected chi connectivity index (χ4v) is 4.42. The third-order valence-electron chi connectivity index (χ3n) is 6.07. The van der Waals surface area contributed by atoms with Crippen LogP contribution in [0, 0.1) is 0 Å². The van der Waals surface area contributed by atoms with Gasteiger partial charge in [0.25, 0.3) is 0 Å². The molecule has 2 aliphatic heterocycles. The molecular weight excluding hydrogens is 364 g/mol. The molecule has 2 saturated heterocycles. The molecule has 29 heavy (non-hydrogen) atoms. The van der Waals surface area contributed by atoms with Gasteiger partial charge in [-0.1, -0.05) is 43.2 Å². The Bertz CT molecular complexity index is 832. The molecule has 0 spiro atoms. The van der Waals surface area contributed by atoms with Crippen LogP contribution in [0.5, 0.6) is 0 Å². The SMILES string of the molecule is O=C1CCCCCCN1CC(=O)N1CCCCC1c1ncc(-c2ccccc2)[nH]1. The Labute approximate surface area is 172 Å². The second-order valence-corrected chi connectivity index (χ2v) is 8.13. The van der Waals surface area contributed by atoms with Crippen molar-refractivity contribution < 1.29 is 9.59 Å². The van der Waals surface area contributed by atoms with Gasteiger partial charge in [-0.3, -0.25) is 9.59 Å². The van der Waals surface area contributed by atoms with Gasteiger partial charge in [0, 0.05) is 19.5 Å². The molecule has 0 aliphatic carbocycles. The lowest BCUT2D eigenvalue weighted by molar-refractivity contribution is -0.143. The number of nitrogens with one attached hydrogen (secondary N) is 1. The zero-order chi connectivity index (χ0) is 20.1. The molecule has 4 rings (SSSR count). The van der Waals surface area contributed by atoms with Crippen LogP contribution in [-0.4, -0.2) is 51.2 Å². The van der Waals surface area contributed by atoms with Crippen molar-refractivity contribution in [3.63, 3.8) is 0 Å². The van der Waals surface area contributed by atoms with Crippen LogP contribution in [0.2, 0.25) is 0 Å². The summed E-state index contributed by atoms with van der Waals surface area (Å²) in [6.45, 7) is 1.62. The predicted octanol–water partition coefficient (Wildman–Crippen LogP) is 3.92. The second kappa shape index (κ2) is 9.25. The monoisotopic (exact) mass is 394 g/mol. The number of hydrogen-bond acceptors (Lipinski definition) is 3. The predicted molar refractivity (Wildman–Crippen MR) is 112 cm³/mol. The third kappa shape index (κ3) is 4.69. The van der Waals surface area contributed by atoms with Gasteiger partial charge in [-0.05, 0) is 37.7 Å². The Hall–Kier alpha value is -2.63. The number of carbonyl (C=O) groups excluding carboxylic acids is 2. The lowest BCUT2D eigenvalue weighted by atomic mass is 10.0. The van der Waals surface area contributed by atoms with E-state index in [0.717, 1.165) is 68.6 Å². The van der Waals surface area contributed by atoms with E-state index in [0.29, 0.717) is 13.0 Å². The van der Waals surface area contributed by atoms with E-state index in [2.05, 4.69) is 22.1 Å². The first kappa shape index (κ1) is 19.7. The van der Waals surface area contributed by atoms with E-state index in [4.69, 9.17) is 0 Å². The minimum Gasteiger partial charge on any atom is -0.340 e. The van der Waals surface area contributed by atoms with Crippen molar-refractivity contribution in [2.75, 3.05) is 19.6 Å². The topological polar surface area (TPSA) is 69.3 Å². The van der Waals surface area contributed by atoms with Crippen molar-refractivity contribution >= 4 is 11.8 Å². The highest BCUT2D eigenvalue weighted by Gasteiger charge is 2.31. The summed E-state index contributed by atoms with van der Waals surface area (Å²) in [6, 6.07) is 10.1. The summed E-state index contributed by atoms with van der Waals surface area (Å²) >= 11 is 0.